The topological polar surface area (TPSA) is 75.2 Å². The molecule has 2 bridgehead atoms. The lowest BCUT2D eigenvalue weighted by Crippen LogP contribution is -2.44. The van der Waals surface area contributed by atoms with Crippen LogP contribution in [0.4, 0.5) is 5.13 Å². The molecule has 130 valence electrons. The predicted molar refractivity (Wildman–Crippen MR) is 91.4 cm³/mol. The molecular weight excluding hydrogens is 324 g/mol. The largest absolute Gasteiger partial charge is 0.342 e. The van der Waals surface area contributed by atoms with Crippen molar-refractivity contribution >= 4 is 28.3 Å². The highest BCUT2D eigenvalue weighted by Crippen LogP contribution is 2.49. The summed E-state index contributed by atoms with van der Waals surface area (Å²) in [5.74, 6) is 2.32. The molecule has 1 aromatic heterocycles. The molecule has 4 atom stereocenters. The van der Waals surface area contributed by atoms with E-state index in [9.17, 15) is 9.59 Å². The zero-order valence-corrected chi connectivity index (χ0v) is 14.6. The second-order valence-corrected chi connectivity index (χ2v) is 8.38. The minimum Gasteiger partial charge on any atom is -0.342 e. The molecule has 1 aromatic rings. The SMILES string of the molecule is O=C(Nc1nncs1)[C@@H]1CCCN(C(=O)C[C@H]2C[C@H]3CC[C@H]2C3)C1. The Labute approximate surface area is 146 Å². The van der Waals surface area contributed by atoms with E-state index < -0.39 is 0 Å². The van der Waals surface area contributed by atoms with Crippen LogP contribution in [0.5, 0.6) is 0 Å². The van der Waals surface area contributed by atoms with Crippen molar-refractivity contribution in [1.29, 1.82) is 0 Å². The van der Waals surface area contributed by atoms with Gasteiger partial charge in [-0.2, -0.15) is 0 Å². The van der Waals surface area contributed by atoms with Crippen molar-refractivity contribution in [2.45, 2.75) is 44.9 Å². The zero-order chi connectivity index (χ0) is 16.5. The lowest BCUT2D eigenvalue weighted by molar-refractivity contribution is -0.135. The maximum absolute atomic E-state index is 12.7. The summed E-state index contributed by atoms with van der Waals surface area (Å²) in [6, 6.07) is 0. The number of hydrogen-bond donors (Lipinski definition) is 1. The first-order valence-corrected chi connectivity index (χ1v) is 9.92. The van der Waals surface area contributed by atoms with Crippen LogP contribution in [0.2, 0.25) is 0 Å². The minimum atomic E-state index is -0.133. The molecule has 1 aliphatic heterocycles. The minimum absolute atomic E-state index is 0.0378. The normalized spacial score (nSPS) is 32.1. The van der Waals surface area contributed by atoms with Gasteiger partial charge in [0.05, 0.1) is 5.92 Å². The molecule has 2 amide bonds. The quantitative estimate of drug-likeness (QED) is 0.907. The number of rotatable bonds is 4. The van der Waals surface area contributed by atoms with Gasteiger partial charge >= 0.3 is 0 Å². The molecule has 2 aliphatic carbocycles. The van der Waals surface area contributed by atoms with Crippen molar-refractivity contribution in [3.05, 3.63) is 5.51 Å². The summed E-state index contributed by atoms with van der Waals surface area (Å²) in [5, 5.41) is 10.9. The second-order valence-electron chi connectivity index (χ2n) is 7.55. The Bertz CT molecular complexity index is 606. The van der Waals surface area contributed by atoms with E-state index in [1.807, 2.05) is 4.90 Å². The van der Waals surface area contributed by atoms with Gasteiger partial charge in [-0.15, -0.1) is 10.2 Å². The number of likely N-dealkylation sites (tertiary alicyclic amines) is 1. The summed E-state index contributed by atoms with van der Waals surface area (Å²) in [6.07, 6.45) is 7.68. The molecule has 0 aromatic carbocycles. The highest BCUT2D eigenvalue weighted by Gasteiger charge is 2.41. The first-order valence-electron chi connectivity index (χ1n) is 9.04. The summed E-state index contributed by atoms with van der Waals surface area (Å²) in [6.45, 7) is 1.34. The highest BCUT2D eigenvalue weighted by atomic mass is 32.1. The Morgan fingerprint density at radius 2 is 2.21 bits per heavy atom. The van der Waals surface area contributed by atoms with Gasteiger partial charge in [0, 0.05) is 19.5 Å². The van der Waals surface area contributed by atoms with E-state index >= 15 is 0 Å². The lowest BCUT2D eigenvalue weighted by Gasteiger charge is -2.33. The van der Waals surface area contributed by atoms with Crippen LogP contribution in [0.1, 0.15) is 44.9 Å². The average molecular weight is 348 g/mol. The maximum atomic E-state index is 12.7. The van der Waals surface area contributed by atoms with Gasteiger partial charge in [0.25, 0.3) is 0 Å². The molecule has 0 unspecified atom stereocenters. The van der Waals surface area contributed by atoms with E-state index in [4.69, 9.17) is 0 Å². The lowest BCUT2D eigenvalue weighted by atomic mass is 9.85. The second kappa shape index (κ2) is 6.78. The molecule has 6 nitrogen and oxygen atoms in total. The van der Waals surface area contributed by atoms with Crippen LogP contribution in [0, 0.1) is 23.7 Å². The molecule has 3 aliphatic rings. The fourth-order valence-corrected chi connectivity index (χ4v) is 5.28. The van der Waals surface area contributed by atoms with Crippen molar-refractivity contribution in [2.75, 3.05) is 18.4 Å². The predicted octanol–water partition coefficient (Wildman–Crippen LogP) is 2.54. The number of nitrogens with zero attached hydrogens (tertiary/aromatic N) is 3. The third-order valence-electron chi connectivity index (χ3n) is 6.06. The number of nitrogens with one attached hydrogen (secondary N) is 1. The van der Waals surface area contributed by atoms with Crippen LogP contribution in [0.15, 0.2) is 5.51 Å². The van der Waals surface area contributed by atoms with Gasteiger partial charge < -0.3 is 10.2 Å². The van der Waals surface area contributed by atoms with Crippen LogP contribution in [0.25, 0.3) is 0 Å². The summed E-state index contributed by atoms with van der Waals surface area (Å²) in [4.78, 5) is 27.0. The van der Waals surface area contributed by atoms with Crippen molar-refractivity contribution in [1.82, 2.24) is 15.1 Å². The number of anilines is 1. The molecule has 4 rings (SSSR count). The summed E-state index contributed by atoms with van der Waals surface area (Å²) >= 11 is 1.32. The molecule has 0 spiro atoms. The number of fused-ring (bicyclic) bond motifs is 2. The van der Waals surface area contributed by atoms with Crippen LogP contribution in [-0.2, 0) is 9.59 Å². The first-order chi connectivity index (χ1) is 11.7. The van der Waals surface area contributed by atoms with Crippen LogP contribution >= 0.6 is 11.3 Å². The van der Waals surface area contributed by atoms with Gasteiger partial charge in [-0.25, -0.2) is 0 Å². The monoisotopic (exact) mass is 348 g/mol. The first kappa shape index (κ1) is 16.0. The number of carbonyl (C=O) groups excluding carboxylic acids is 2. The number of hydrogen-bond acceptors (Lipinski definition) is 5. The fourth-order valence-electron chi connectivity index (χ4n) is 4.83. The molecule has 3 fully saturated rings. The Kier molecular flexibility index (Phi) is 4.52. The van der Waals surface area contributed by atoms with E-state index in [1.165, 1.54) is 37.0 Å². The Morgan fingerprint density at radius 1 is 1.29 bits per heavy atom. The van der Waals surface area contributed by atoms with Crippen molar-refractivity contribution in [3.63, 3.8) is 0 Å². The summed E-state index contributed by atoms with van der Waals surface area (Å²) < 4.78 is 0. The van der Waals surface area contributed by atoms with E-state index in [0.717, 1.165) is 31.2 Å². The van der Waals surface area contributed by atoms with Crippen LogP contribution in [0.3, 0.4) is 0 Å². The Balaban J connectivity index is 1.31. The Hall–Kier alpha value is -1.50. The van der Waals surface area contributed by atoms with E-state index in [2.05, 4.69) is 15.5 Å². The van der Waals surface area contributed by atoms with Gasteiger partial charge in [0.1, 0.15) is 5.51 Å². The zero-order valence-electron chi connectivity index (χ0n) is 13.8. The third kappa shape index (κ3) is 3.31. The van der Waals surface area contributed by atoms with Crippen LogP contribution in [-0.4, -0.2) is 40.0 Å². The maximum Gasteiger partial charge on any atom is 0.231 e. The fraction of sp³-hybridized carbons (Fsp3) is 0.765. The number of amides is 2. The number of aromatic nitrogens is 2. The van der Waals surface area contributed by atoms with Crippen molar-refractivity contribution in [3.8, 4) is 0 Å². The van der Waals surface area contributed by atoms with Crippen LogP contribution < -0.4 is 5.32 Å². The molecule has 1 N–H and O–H groups in total. The van der Waals surface area contributed by atoms with Gasteiger partial charge in [-0.3, -0.25) is 9.59 Å². The standard InChI is InChI=1S/C17H24N4O2S/c22-15(8-14-7-11-3-4-12(14)6-11)21-5-1-2-13(9-21)16(23)19-17-20-18-10-24-17/h10-14H,1-9H2,(H,19,20,23)/t11-,12-,13+,14+/m0/s1. The molecular formula is C17H24N4O2S. The molecule has 1 saturated heterocycles. The highest BCUT2D eigenvalue weighted by molar-refractivity contribution is 7.13. The Morgan fingerprint density at radius 3 is 2.92 bits per heavy atom. The third-order valence-corrected chi connectivity index (χ3v) is 6.66. The molecule has 24 heavy (non-hydrogen) atoms. The smallest absolute Gasteiger partial charge is 0.231 e. The molecule has 7 heteroatoms. The van der Waals surface area contributed by atoms with Crippen molar-refractivity contribution in [2.24, 2.45) is 23.7 Å². The molecule has 0 radical (unpaired) electrons. The molecule has 2 heterocycles. The van der Waals surface area contributed by atoms with Gasteiger partial charge in [-0.05, 0) is 49.9 Å². The molecule has 2 saturated carbocycles. The van der Waals surface area contributed by atoms with E-state index in [1.54, 1.807) is 5.51 Å². The summed E-state index contributed by atoms with van der Waals surface area (Å²) in [5.41, 5.74) is 1.60. The van der Waals surface area contributed by atoms with E-state index in [0.29, 0.717) is 24.0 Å². The van der Waals surface area contributed by atoms with E-state index in [-0.39, 0.29) is 17.7 Å². The number of carbonyl (C=O) groups is 2. The number of piperidine rings is 1. The van der Waals surface area contributed by atoms with Gasteiger partial charge in [0.2, 0.25) is 16.9 Å². The van der Waals surface area contributed by atoms with Gasteiger partial charge in [0.15, 0.2) is 0 Å². The average Bonchev–Trinajstić information content (AvgIpc) is 3.33. The van der Waals surface area contributed by atoms with Gasteiger partial charge in [-0.1, -0.05) is 17.8 Å². The van der Waals surface area contributed by atoms with Crippen molar-refractivity contribution < 1.29 is 9.59 Å². The summed E-state index contributed by atoms with van der Waals surface area (Å²) in [7, 11) is 0.